The number of nitrogens with zero attached hydrogens (tertiary/aromatic N) is 4. The molecule has 2 heterocycles. The Morgan fingerprint density at radius 3 is 2.67 bits per heavy atom. The molecule has 1 aromatic carbocycles. The number of hydrogen-bond acceptors (Lipinski definition) is 7. The van der Waals surface area contributed by atoms with E-state index in [2.05, 4.69) is 14.6 Å². The van der Waals surface area contributed by atoms with Gasteiger partial charge in [-0.15, -0.1) is 5.10 Å². The maximum Gasteiger partial charge on any atom is 0.330 e. The third-order valence-corrected chi connectivity index (χ3v) is 5.04. The maximum atomic E-state index is 12.5. The molecule has 0 saturated heterocycles. The molecule has 0 spiro atoms. The van der Waals surface area contributed by atoms with E-state index in [0.29, 0.717) is 16.6 Å². The molecule has 3 rings (SSSR count). The second-order valence-electron chi connectivity index (χ2n) is 5.98. The quantitative estimate of drug-likeness (QED) is 0.621. The van der Waals surface area contributed by atoms with Gasteiger partial charge in [0.05, 0.1) is 13.1 Å². The van der Waals surface area contributed by atoms with Crippen molar-refractivity contribution < 1.29 is 0 Å². The first-order valence-corrected chi connectivity index (χ1v) is 9.54. The molecule has 0 aliphatic rings. The molecule has 0 amide bonds. The second kappa shape index (κ2) is 8.36. The van der Waals surface area contributed by atoms with Gasteiger partial charge in [-0.1, -0.05) is 53.3 Å². The van der Waals surface area contributed by atoms with Gasteiger partial charge in [0.15, 0.2) is 0 Å². The van der Waals surface area contributed by atoms with Gasteiger partial charge in [0.25, 0.3) is 5.56 Å². The number of aromatic amines is 1. The van der Waals surface area contributed by atoms with Gasteiger partial charge in [0.2, 0.25) is 0 Å². The molecule has 0 atom stereocenters. The lowest BCUT2D eigenvalue weighted by Crippen LogP contribution is -2.38. The monoisotopic (exact) mass is 406 g/mol. The fraction of sp³-hybridized carbons (Fsp3) is 0.294. The van der Waals surface area contributed by atoms with E-state index in [4.69, 9.17) is 17.3 Å². The minimum absolute atomic E-state index is 0.111. The van der Waals surface area contributed by atoms with Crippen molar-refractivity contribution in [3.05, 3.63) is 66.8 Å². The van der Waals surface area contributed by atoms with Crippen LogP contribution >= 0.6 is 23.1 Å². The predicted molar refractivity (Wildman–Crippen MR) is 108 cm³/mol. The van der Waals surface area contributed by atoms with Gasteiger partial charge < -0.3 is 10.6 Å². The van der Waals surface area contributed by atoms with Crippen LogP contribution in [0.1, 0.15) is 24.6 Å². The number of nitrogens with two attached hydrogens (primary N) is 1. The van der Waals surface area contributed by atoms with E-state index in [1.54, 1.807) is 4.90 Å². The lowest BCUT2D eigenvalue weighted by Gasteiger charge is -2.25. The smallest absolute Gasteiger partial charge is 0.330 e. The number of halogens is 1. The van der Waals surface area contributed by atoms with Gasteiger partial charge in [-0.2, -0.15) is 0 Å². The van der Waals surface area contributed by atoms with Gasteiger partial charge in [-0.3, -0.25) is 14.3 Å². The van der Waals surface area contributed by atoms with Crippen LogP contribution in [0.2, 0.25) is 4.34 Å². The summed E-state index contributed by atoms with van der Waals surface area (Å²) in [6.45, 7) is 3.07. The van der Waals surface area contributed by atoms with Crippen molar-refractivity contribution in [2.45, 2.75) is 26.4 Å². The predicted octanol–water partition coefficient (Wildman–Crippen LogP) is 2.09. The minimum Gasteiger partial charge on any atom is -0.383 e. The third kappa shape index (κ3) is 4.20. The summed E-state index contributed by atoms with van der Waals surface area (Å²) in [5.74, 6) is 0.111. The zero-order chi connectivity index (χ0) is 19.4. The second-order valence-corrected chi connectivity index (χ2v) is 7.34. The Hall–Kier alpha value is -2.65. The van der Waals surface area contributed by atoms with Crippen LogP contribution in [0.3, 0.4) is 0 Å². The number of H-pyrrole nitrogens is 1. The summed E-state index contributed by atoms with van der Waals surface area (Å²) in [4.78, 5) is 29.0. The lowest BCUT2D eigenvalue weighted by molar-refractivity contribution is 0.702. The Morgan fingerprint density at radius 1 is 1.30 bits per heavy atom. The SMILES string of the molecule is CCCN(Cc1nnsc1Cl)c1c(N)n(Cc2ccccc2)c(=O)[nH]c1=O. The summed E-state index contributed by atoms with van der Waals surface area (Å²) in [6.07, 6.45) is 0.770. The molecule has 3 aromatic rings. The van der Waals surface area contributed by atoms with Gasteiger partial charge >= 0.3 is 5.69 Å². The van der Waals surface area contributed by atoms with Crippen molar-refractivity contribution in [1.29, 1.82) is 0 Å². The number of nitrogens with one attached hydrogen (secondary N) is 1. The first-order chi connectivity index (χ1) is 13.0. The van der Waals surface area contributed by atoms with Gasteiger partial charge in [-0.05, 0) is 12.0 Å². The topological polar surface area (TPSA) is 110 Å². The van der Waals surface area contributed by atoms with Crippen molar-refractivity contribution in [1.82, 2.24) is 19.1 Å². The van der Waals surface area contributed by atoms with Gasteiger partial charge in [0, 0.05) is 18.1 Å². The molecule has 10 heteroatoms. The number of hydrogen-bond donors (Lipinski definition) is 2. The number of rotatable bonds is 7. The number of benzene rings is 1. The van der Waals surface area contributed by atoms with Gasteiger partial charge in [-0.25, -0.2) is 4.79 Å². The van der Waals surface area contributed by atoms with E-state index in [1.807, 2.05) is 37.3 Å². The number of anilines is 2. The molecule has 142 valence electrons. The standard InChI is InChI=1S/C17H19ClN6O2S/c1-2-8-23(10-12-14(18)27-22-21-12)13-15(19)24(17(26)20-16(13)25)9-11-6-4-3-5-7-11/h3-7H,2,8-10,19H2,1H3,(H,20,25,26). The molecule has 0 aliphatic carbocycles. The fourth-order valence-corrected chi connectivity index (χ4v) is 3.43. The first kappa shape index (κ1) is 19.1. The molecule has 2 aromatic heterocycles. The Morgan fingerprint density at radius 2 is 2.04 bits per heavy atom. The average Bonchev–Trinajstić information content (AvgIpc) is 3.04. The van der Waals surface area contributed by atoms with Crippen molar-refractivity contribution in [3.63, 3.8) is 0 Å². The lowest BCUT2D eigenvalue weighted by atomic mass is 10.2. The van der Waals surface area contributed by atoms with Crippen LogP contribution in [0.5, 0.6) is 0 Å². The van der Waals surface area contributed by atoms with Crippen LogP contribution in [0.4, 0.5) is 11.5 Å². The zero-order valence-electron chi connectivity index (χ0n) is 14.7. The molecule has 0 aliphatic heterocycles. The summed E-state index contributed by atoms with van der Waals surface area (Å²) < 4.78 is 5.64. The molecule has 8 nitrogen and oxygen atoms in total. The van der Waals surface area contributed by atoms with E-state index >= 15 is 0 Å². The van der Waals surface area contributed by atoms with Crippen molar-refractivity contribution in [2.24, 2.45) is 0 Å². The summed E-state index contributed by atoms with van der Waals surface area (Å²) in [6, 6.07) is 9.43. The Balaban J connectivity index is 2.04. The molecular weight excluding hydrogens is 388 g/mol. The largest absolute Gasteiger partial charge is 0.383 e. The van der Waals surface area contributed by atoms with E-state index in [-0.39, 0.29) is 24.6 Å². The molecular formula is C17H19ClN6O2S. The van der Waals surface area contributed by atoms with Crippen LogP contribution in [0.25, 0.3) is 0 Å². The van der Waals surface area contributed by atoms with Crippen LogP contribution in [0, 0.1) is 0 Å². The fourth-order valence-electron chi connectivity index (χ4n) is 2.82. The molecule has 0 radical (unpaired) electrons. The molecule has 0 unspecified atom stereocenters. The normalized spacial score (nSPS) is 10.9. The summed E-state index contributed by atoms with van der Waals surface area (Å²) in [5.41, 5.74) is 6.89. The number of aromatic nitrogens is 4. The highest BCUT2D eigenvalue weighted by Gasteiger charge is 2.21. The summed E-state index contributed by atoms with van der Waals surface area (Å²) in [7, 11) is 0. The molecule has 0 saturated carbocycles. The molecule has 0 fully saturated rings. The highest BCUT2D eigenvalue weighted by atomic mass is 35.5. The van der Waals surface area contributed by atoms with E-state index < -0.39 is 11.2 Å². The van der Waals surface area contributed by atoms with E-state index in [0.717, 1.165) is 23.5 Å². The van der Waals surface area contributed by atoms with Crippen LogP contribution in [-0.2, 0) is 13.1 Å². The Labute approximate surface area is 164 Å². The average molecular weight is 407 g/mol. The zero-order valence-corrected chi connectivity index (χ0v) is 16.3. The number of nitrogen functional groups attached to an aromatic ring is 1. The Bertz CT molecular complexity index is 1030. The third-order valence-electron chi connectivity index (χ3n) is 4.06. The summed E-state index contributed by atoms with van der Waals surface area (Å²) in [5, 5.41) is 4.00. The highest BCUT2D eigenvalue weighted by molar-refractivity contribution is 7.10. The van der Waals surface area contributed by atoms with Crippen molar-refractivity contribution in [3.8, 4) is 0 Å². The highest BCUT2D eigenvalue weighted by Crippen LogP contribution is 2.24. The van der Waals surface area contributed by atoms with Crippen LogP contribution < -0.4 is 21.9 Å². The van der Waals surface area contributed by atoms with Crippen molar-refractivity contribution in [2.75, 3.05) is 17.2 Å². The summed E-state index contributed by atoms with van der Waals surface area (Å²) >= 11 is 7.19. The first-order valence-electron chi connectivity index (χ1n) is 8.39. The van der Waals surface area contributed by atoms with Crippen LogP contribution in [-0.4, -0.2) is 25.7 Å². The van der Waals surface area contributed by atoms with E-state index in [1.165, 1.54) is 4.57 Å². The molecule has 3 N–H and O–H groups in total. The molecule has 0 bridgehead atoms. The molecule has 27 heavy (non-hydrogen) atoms. The Kier molecular flexibility index (Phi) is 5.92. The minimum atomic E-state index is -0.546. The van der Waals surface area contributed by atoms with Gasteiger partial charge in [0.1, 0.15) is 21.5 Å². The van der Waals surface area contributed by atoms with Crippen molar-refractivity contribution >= 4 is 34.6 Å². The van der Waals surface area contributed by atoms with Crippen LogP contribution in [0.15, 0.2) is 39.9 Å². The maximum absolute atomic E-state index is 12.5. The van der Waals surface area contributed by atoms with E-state index in [9.17, 15) is 9.59 Å².